The van der Waals surface area contributed by atoms with E-state index in [9.17, 15) is 8.42 Å². The highest BCUT2D eigenvalue weighted by atomic mass is 32.2. The molecule has 1 aromatic heterocycles. The van der Waals surface area contributed by atoms with Gasteiger partial charge in [0.25, 0.3) is 0 Å². The molecule has 3 aromatic rings. The number of hydrogen-bond acceptors (Lipinski definition) is 6. The predicted molar refractivity (Wildman–Crippen MR) is 115 cm³/mol. The Bertz CT molecular complexity index is 1160. The minimum Gasteiger partial charge on any atom is -0.486 e. The Labute approximate surface area is 181 Å². The molecule has 3 heterocycles. The normalized spacial score (nSPS) is 17.2. The molecule has 0 radical (unpaired) electrons. The Morgan fingerprint density at radius 3 is 2.58 bits per heavy atom. The predicted octanol–water partition coefficient (Wildman–Crippen LogP) is 3.13. The molecule has 2 aromatic carbocycles. The van der Waals surface area contributed by atoms with E-state index in [4.69, 9.17) is 13.9 Å². The van der Waals surface area contributed by atoms with Crippen LogP contribution in [0, 0.1) is 0 Å². The summed E-state index contributed by atoms with van der Waals surface area (Å²) in [5.41, 5.74) is 2.61. The van der Waals surface area contributed by atoms with Gasteiger partial charge in [-0.05, 0) is 41.8 Å². The second kappa shape index (κ2) is 8.37. The van der Waals surface area contributed by atoms with Crippen LogP contribution in [-0.4, -0.2) is 39.6 Å². The van der Waals surface area contributed by atoms with Gasteiger partial charge in [-0.1, -0.05) is 24.3 Å². The molecule has 0 spiro atoms. The van der Waals surface area contributed by atoms with Crippen molar-refractivity contribution in [3.63, 3.8) is 0 Å². The molecule has 162 valence electrons. The van der Waals surface area contributed by atoms with Crippen LogP contribution in [0.5, 0.6) is 11.5 Å². The number of hydrogen-bond donors (Lipinski definition) is 1. The summed E-state index contributed by atoms with van der Waals surface area (Å²) < 4.78 is 45.5. The van der Waals surface area contributed by atoms with Crippen LogP contribution in [0.3, 0.4) is 0 Å². The number of furan rings is 1. The van der Waals surface area contributed by atoms with Crippen LogP contribution in [0.15, 0.2) is 70.2 Å². The summed E-state index contributed by atoms with van der Waals surface area (Å²) in [7, 11) is -3.73. The SMILES string of the molecule is O=S(=O)(NC[C@@H](c1ccco1)N1CCc2ccccc2C1)c1ccc2c(c1)OCCO2. The highest BCUT2D eigenvalue weighted by molar-refractivity contribution is 7.89. The molecule has 8 heteroatoms. The summed E-state index contributed by atoms with van der Waals surface area (Å²) in [5.74, 6) is 1.75. The first-order valence-electron chi connectivity index (χ1n) is 10.3. The lowest BCUT2D eigenvalue weighted by atomic mass is 9.98. The van der Waals surface area contributed by atoms with E-state index in [1.54, 1.807) is 12.3 Å². The summed E-state index contributed by atoms with van der Waals surface area (Å²) >= 11 is 0. The monoisotopic (exact) mass is 440 g/mol. The fourth-order valence-corrected chi connectivity index (χ4v) is 5.19. The van der Waals surface area contributed by atoms with Gasteiger partial charge in [-0.2, -0.15) is 0 Å². The number of benzene rings is 2. The molecule has 0 saturated carbocycles. The molecule has 7 nitrogen and oxygen atoms in total. The fraction of sp³-hybridized carbons (Fsp3) is 0.304. The number of sulfonamides is 1. The van der Waals surface area contributed by atoms with Crippen molar-refractivity contribution < 1.29 is 22.3 Å². The Kier molecular flexibility index (Phi) is 5.43. The third kappa shape index (κ3) is 4.19. The average molecular weight is 441 g/mol. The van der Waals surface area contributed by atoms with Crippen LogP contribution in [0.1, 0.15) is 22.9 Å². The number of nitrogens with zero attached hydrogens (tertiary/aromatic N) is 1. The Hall–Kier alpha value is -2.81. The first-order valence-corrected chi connectivity index (χ1v) is 11.8. The van der Waals surface area contributed by atoms with Crippen LogP contribution in [0.4, 0.5) is 0 Å². The molecule has 0 aliphatic carbocycles. The summed E-state index contributed by atoms with van der Waals surface area (Å²) in [5, 5.41) is 0. The molecule has 2 aliphatic rings. The van der Waals surface area contributed by atoms with E-state index in [1.165, 1.54) is 23.3 Å². The molecule has 0 amide bonds. The summed E-state index contributed by atoms with van der Waals surface area (Å²) in [6, 6.07) is 16.6. The average Bonchev–Trinajstić information content (AvgIpc) is 3.33. The minimum atomic E-state index is -3.73. The van der Waals surface area contributed by atoms with E-state index in [0.717, 1.165) is 25.3 Å². The van der Waals surface area contributed by atoms with Crippen molar-refractivity contribution in [1.82, 2.24) is 9.62 Å². The lowest BCUT2D eigenvalue weighted by Crippen LogP contribution is -2.40. The molecule has 0 unspecified atom stereocenters. The van der Waals surface area contributed by atoms with Crippen LogP contribution in [0.2, 0.25) is 0 Å². The van der Waals surface area contributed by atoms with Crippen molar-refractivity contribution in [2.75, 3.05) is 26.3 Å². The summed E-state index contributed by atoms with van der Waals surface area (Å²) in [6.45, 7) is 2.63. The van der Waals surface area contributed by atoms with E-state index in [1.807, 2.05) is 18.2 Å². The van der Waals surface area contributed by atoms with Crippen molar-refractivity contribution in [3.8, 4) is 11.5 Å². The molecule has 0 bridgehead atoms. The molecule has 1 atom stereocenters. The van der Waals surface area contributed by atoms with E-state index in [0.29, 0.717) is 24.7 Å². The van der Waals surface area contributed by atoms with Crippen LogP contribution >= 0.6 is 0 Å². The van der Waals surface area contributed by atoms with Gasteiger partial charge in [0.1, 0.15) is 19.0 Å². The van der Waals surface area contributed by atoms with Gasteiger partial charge >= 0.3 is 0 Å². The first kappa shape index (κ1) is 20.1. The zero-order valence-corrected chi connectivity index (χ0v) is 17.8. The molecule has 31 heavy (non-hydrogen) atoms. The minimum absolute atomic E-state index is 0.152. The maximum absolute atomic E-state index is 13.0. The van der Waals surface area contributed by atoms with Crippen LogP contribution in [-0.2, 0) is 23.0 Å². The topological polar surface area (TPSA) is 81.0 Å². The zero-order chi connectivity index (χ0) is 21.3. The van der Waals surface area contributed by atoms with Crippen LogP contribution < -0.4 is 14.2 Å². The van der Waals surface area contributed by atoms with Crippen molar-refractivity contribution in [1.29, 1.82) is 0 Å². The number of rotatable bonds is 6. The fourth-order valence-electron chi connectivity index (χ4n) is 4.14. The van der Waals surface area contributed by atoms with E-state index in [2.05, 4.69) is 27.8 Å². The lowest BCUT2D eigenvalue weighted by molar-refractivity contribution is 0.160. The molecule has 0 fully saturated rings. The van der Waals surface area contributed by atoms with E-state index in [-0.39, 0.29) is 17.5 Å². The molecule has 0 saturated heterocycles. The first-order chi connectivity index (χ1) is 15.1. The molecular formula is C23H24N2O5S. The summed E-state index contributed by atoms with van der Waals surface area (Å²) in [4.78, 5) is 2.41. The van der Waals surface area contributed by atoms with Crippen molar-refractivity contribution in [2.45, 2.75) is 23.9 Å². The van der Waals surface area contributed by atoms with Gasteiger partial charge in [-0.25, -0.2) is 13.1 Å². The Balaban J connectivity index is 1.36. The highest BCUT2D eigenvalue weighted by Gasteiger charge is 2.28. The van der Waals surface area contributed by atoms with Gasteiger partial charge in [0.15, 0.2) is 11.5 Å². The smallest absolute Gasteiger partial charge is 0.240 e. The molecular weight excluding hydrogens is 416 g/mol. The maximum atomic E-state index is 13.0. The third-order valence-corrected chi connectivity index (χ3v) is 7.18. The quantitative estimate of drug-likeness (QED) is 0.634. The van der Waals surface area contributed by atoms with Gasteiger partial charge in [-0.3, -0.25) is 4.90 Å². The highest BCUT2D eigenvalue weighted by Crippen LogP contribution is 2.33. The van der Waals surface area contributed by atoms with Gasteiger partial charge in [0, 0.05) is 25.7 Å². The van der Waals surface area contributed by atoms with Gasteiger partial charge < -0.3 is 13.9 Å². The summed E-state index contributed by atoms with van der Waals surface area (Å²) in [6.07, 6.45) is 2.54. The van der Waals surface area contributed by atoms with Crippen molar-refractivity contribution in [3.05, 3.63) is 77.7 Å². The van der Waals surface area contributed by atoms with Gasteiger partial charge in [0.2, 0.25) is 10.0 Å². The second-order valence-electron chi connectivity index (χ2n) is 7.68. The van der Waals surface area contributed by atoms with Crippen LogP contribution in [0.25, 0.3) is 0 Å². The second-order valence-corrected chi connectivity index (χ2v) is 9.44. The molecule has 5 rings (SSSR count). The Morgan fingerprint density at radius 1 is 0.968 bits per heavy atom. The molecule has 1 N–H and O–H groups in total. The van der Waals surface area contributed by atoms with Gasteiger partial charge in [-0.15, -0.1) is 0 Å². The van der Waals surface area contributed by atoms with Crippen molar-refractivity contribution in [2.24, 2.45) is 0 Å². The van der Waals surface area contributed by atoms with Gasteiger partial charge in [0.05, 0.1) is 17.2 Å². The maximum Gasteiger partial charge on any atom is 0.240 e. The lowest BCUT2D eigenvalue weighted by Gasteiger charge is -2.34. The zero-order valence-electron chi connectivity index (χ0n) is 17.0. The standard InChI is InChI=1S/C23H24N2O5S/c26-31(27,19-7-8-22-23(14-19)30-13-12-29-22)24-15-20(21-6-3-11-28-21)25-10-9-17-4-1-2-5-18(17)16-25/h1-8,11,14,20,24H,9-10,12-13,15-16H2/t20-/m0/s1. The third-order valence-electron chi connectivity index (χ3n) is 5.76. The molecule has 2 aliphatic heterocycles. The largest absolute Gasteiger partial charge is 0.486 e. The van der Waals surface area contributed by atoms with E-state index < -0.39 is 10.0 Å². The number of ether oxygens (including phenoxy) is 2. The van der Waals surface area contributed by atoms with E-state index >= 15 is 0 Å². The number of fused-ring (bicyclic) bond motifs is 2. The van der Waals surface area contributed by atoms with Crippen molar-refractivity contribution >= 4 is 10.0 Å². The number of nitrogens with one attached hydrogen (secondary N) is 1. The Morgan fingerprint density at radius 2 is 1.77 bits per heavy atom.